The van der Waals surface area contributed by atoms with Gasteiger partial charge in [0.15, 0.2) is 0 Å². The molecule has 0 spiro atoms. The van der Waals surface area contributed by atoms with Gasteiger partial charge in [-0.05, 0) is 46.0 Å². The second kappa shape index (κ2) is 8.39. The van der Waals surface area contributed by atoms with Crippen molar-refractivity contribution in [2.24, 2.45) is 5.92 Å². The fourth-order valence-electron chi connectivity index (χ4n) is 4.09. The van der Waals surface area contributed by atoms with Crippen molar-refractivity contribution >= 4 is 25.9 Å². The molecule has 160 valence electrons. The quantitative estimate of drug-likeness (QED) is 0.397. The highest BCUT2D eigenvalue weighted by Gasteiger charge is 2.47. The first-order valence-electron chi connectivity index (χ1n) is 10.0. The Bertz CT molecular complexity index is 657. The van der Waals surface area contributed by atoms with Gasteiger partial charge in [-0.15, -0.1) is 0 Å². The van der Waals surface area contributed by atoms with E-state index in [-0.39, 0.29) is 24.6 Å². The van der Waals surface area contributed by atoms with E-state index >= 15 is 0 Å². The highest BCUT2D eigenvalue weighted by molar-refractivity contribution is 6.08. The van der Waals surface area contributed by atoms with Crippen LogP contribution in [0, 0.1) is 5.92 Å². The second-order valence-corrected chi connectivity index (χ2v) is 8.93. The predicted molar refractivity (Wildman–Crippen MR) is 102 cm³/mol. The zero-order valence-electron chi connectivity index (χ0n) is 17.2. The fourth-order valence-corrected chi connectivity index (χ4v) is 4.09. The minimum atomic E-state index is -0.682. The van der Waals surface area contributed by atoms with Gasteiger partial charge < -0.3 is 14.5 Å². The van der Waals surface area contributed by atoms with Crippen LogP contribution in [0.1, 0.15) is 40.0 Å². The molecule has 4 amide bonds. The lowest BCUT2D eigenvalue weighted by Gasteiger charge is -2.30. The van der Waals surface area contributed by atoms with Gasteiger partial charge in [0, 0.05) is 13.1 Å². The number of hydroxylamine groups is 3. The molecule has 3 saturated heterocycles. The van der Waals surface area contributed by atoms with Gasteiger partial charge in [-0.1, -0.05) is 6.32 Å². The van der Waals surface area contributed by atoms with Crippen LogP contribution in [0.4, 0.5) is 9.59 Å². The van der Waals surface area contributed by atoms with E-state index in [0.29, 0.717) is 43.7 Å². The van der Waals surface area contributed by atoms with Gasteiger partial charge in [0.05, 0.1) is 26.5 Å². The molecule has 3 fully saturated rings. The summed E-state index contributed by atoms with van der Waals surface area (Å²) in [5.41, 5.74) is 1.78. The smallest absolute Gasteiger partial charge is 0.410 e. The van der Waals surface area contributed by atoms with Crippen LogP contribution < -0.4 is 5.48 Å². The zero-order chi connectivity index (χ0) is 21.3. The summed E-state index contributed by atoms with van der Waals surface area (Å²) < 4.78 is 5.45. The lowest BCUT2D eigenvalue weighted by molar-refractivity contribution is -0.140. The average Bonchev–Trinajstić information content (AvgIpc) is 3.16. The maximum atomic E-state index is 12.5. The predicted octanol–water partition coefficient (Wildman–Crippen LogP) is 0.904. The Kier molecular flexibility index (Phi) is 6.28. The van der Waals surface area contributed by atoms with E-state index in [2.05, 4.69) is 5.48 Å². The summed E-state index contributed by atoms with van der Waals surface area (Å²) in [6.07, 6.45) is 1.66. The van der Waals surface area contributed by atoms with E-state index in [0.717, 1.165) is 0 Å². The third-order valence-corrected chi connectivity index (χ3v) is 5.56. The first-order chi connectivity index (χ1) is 13.6. The Morgan fingerprint density at radius 1 is 1.28 bits per heavy atom. The number of hydrogen-bond acceptors (Lipinski definition) is 6. The Hall–Kier alpha value is -2.01. The topological polar surface area (TPSA) is 112 Å². The molecular weight excluding hydrogens is 379 g/mol. The first kappa shape index (κ1) is 21.7. The number of nitrogens with zero attached hydrogens (tertiary/aromatic N) is 3. The summed E-state index contributed by atoms with van der Waals surface area (Å²) in [6, 6.07) is -1.78. The Labute approximate surface area is 171 Å². The van der Waals surface area contributed by atoms with Crippen LogP contribution in [-0.4, -0.2) is 89.4 Å². The first-order valence-corrected chi connectivity index (χ1v) is 10.0. The summed E-state index contributed by atoms with van der Waals surface area (Å²) in [5.74, 6) is -0.302. The number of carbonyl (C=O) groups is 3. The van der Waals surface area contributed by atoms with Gasteiger partial charge in [0.2, 0.25) is 0 Å². The molecule has 0 saturated carbocycles. The van der Waals surface area contributed by atoms with Gasteiger partial charge in [-0.3, -0.25) is 14.8 Å². The monoisotopic (exact) mass is 408 g/mol. The molecule has 10 nitrogen and oxygen atoms in total. The van der Waals surface area contributed by atoms with E-state index in [1.165, 1.54) is 4.90 Å². The number of urea groups is 1. The van der Waals surface area contributed by atoms with Crippen LogP contribution in [0.3, 0.4) is 0 Å². The van der Waals surface area contributed by atoms with Crippen molar-refractivity contribution in [3.8, 4) is 0 Å². The van der Waals surface area contributed by atoms with E-state index in [1.807, 2.05) is 0 Å². The van der Waals surface area contributed by atoms with Crippen molar-refractivity contribution in [3.63, 3.8) is 0 Å². The average molecular weight is 408 g/mol. The van der Waals surface area contributed by atoms with Crippen LogP contribution in [0.15, 0.2) is 0 Å². The van der Waals surface area contributed by atoms with Crippen molar-refractivity contribution in [3.05, 3.63) is 0 Å². The van der Waals surface area contributed by atoms with Crippen LogP contribution in [-0.2, 0) is 14.4 Å². The lowest BCUT2D eigenvalue weighted by Crippen LogP contribution is -2.50. The number of fused-ring (bicyclic) bond motifs is 2. The molecule has 0 aromatic rings. The van der Waals surface area contributed by atoms with Gasteiger partial charge in [-0.2, -0.15) is 0 Å². The number of likely N-dealkylation sites (tertiary alicyclic amines) is 1. The van der Waals surface area contributed by atoms with E-state index < -0.39 is 29.7 Å². The maximum absolute atomic E-state index is 12.5. The highest BCUT2D eigenvalue weighted by Crippen LogP contribution is 2.29. The summed E-state index contributed by atoms with van der Waals surface area (Å²) in [4.78, 5) is 45.3. The van der Waals surface area contributed by atoms with Crippen LogP contribution in [0.25, 0.3) is 0 Å². The largest absolute Gasteiger partial charge is 0.444 e. The van der Waals surface area contributed by atoms with Gasteiger partial charge in [0.1, 0.15) is 11.6 Å². The molecule has 2 bridgehead atoms. The van der Waals surface area contributed by atoms with Gasteiger partial charge in [0.25, 0.3) is 5.91 Å². The molecule has 29 heavy (non-hydrogen) atoms. The summed E-state index contributed by atoms with van der Waals surface area (Å²) in [7, 11) is 5.77. The molecule has 2 N–H and O–H groups in total. The highest BCUT2D eigenvalue weighted by atomic mass is 16.7. The molecular formula is C18H29BN4O6. The summed E-state index contributed by atoms with van der Waals surface area (Å²) in [6.45, 7) is 6.29. The van der Waals surface area contributed by atoms with Crippen molar-refractivity contribution in [1.29, 1.82) is 0 Å². The van der Waals surface area contributed by atoms with Crippen molar-refractivity contribution < 1.29 is 29.2 Å². The van der Waals surface area contributed by atoms with Gasteiger partial charge >= 0.3 is 12.1 Å². The molecule has 3 heterocycles. The molecule has 11 heteroatoms. The van der Waals surface area contributed by atoms with Crippen LogP contribution >= 0.6 is 0 Å². The normalized spacial score (nSPS) is 29.4. The van der Waals surface area contributed by atoms with Crippen molar-refractivity contribution in [2.45, 2.75) is 70.1 Å². The van der Waals surface area contributed by atoms with Crippen LogP contribution in [0.5, 0.6) is 0 Å². The Balaban J connectivity index is 1.52. The molecule has 3 rings (SSSR count). The van der Waals surface area contributed by atoms with Crippen LogP contribution in [0.2, 0.25) is 6.32 Å². The van der Waals surface area contributed by atoms with Crippen molar-refractivity contribution in [2.75, 3.05) is 19.7 Å². The molecule has 0 aromatic carbocycles. The standard InChI is InChI=1S/C18H29BN4O6/c1-18(2,3)29-17(26)21-8-11(7-19)6-13(21)10-28-20-15(24)14-5-4-12-9-22(14)16(25)23(12)27/h11-14,27H,4-10H2,1-3H3,(H,20,24)/t11?,12-,13?,14+/m1/s1. The Morgan fingerprint density at radius 3 is 2.66 bits per heavy atom. The third-order valence-electron chi connectivity index (χ3n) is 5.56. The van der Waals surface area contributed by atoms with E-state index in [4.69, 9.17) is 17.4 Å². The van der Waals surface area contributed by atoms with Gasteiger partial charge in [-0.25, -0.2) is 20.1 Å². The number of ether oxygens (including phenoxy) is 1. The minimum Gasteiger partial charge on any atom is -0.444 e. The lowest BCUT2D eigenvalue weighted by atomic mass is 9.89. The molecule has 0 aliphatic carbocycles. The number of hydrogen-bond donors (Lipinski definition) is 2. The third kappa shape index (κ3) is 4.77. The number of rotatable bonds is 5. The SMILES string of the molecule is [B]CC1CC(CONC(=O)[C@@H]2CC[C@@H]3CN2C(=O)N3O)N(C(=O)OC(C)(C)C)C1. The Morgan fingerprint density at radius 2 is 2.00 bits per heavy atom. The second-order valence-electron chi connectivity index (χ2n) is 8.93. The maximum Gasteiger partial charge on any atom is 0.410 e. The molecule has 0 aromatic heterocycles. The molecule has 4 atom stereocenters. The number of piperidine rings is 1. The number of amides is 4. The van der Waals surface area contributed by atoms with E-state index in [1.54, 1.807) is 25.7 Å². The molecule has 2 radical (unpaired) electrons. The minimum absolute atomic E-state index is 0.0941. The summed E-state index contributed by atoms with van der Waals surface area (Å²) in [5, 5.41) is 10.4. The number of nitrogens with one attached hydrogen (secondary N) is 1. The summed E-state index contributed by atoms with van der Waals surface area (Å²) >= 11 is 0. The fraction of sp³-hybridized carbons (Fsp3) is 0.833. The molecule has 3 aliphatic heterocycles. The van der Waals surface area contributed by atoms with E-state index in [9.17, 15) is 19.6 Å². The number of carbonyl (C=O) groups excluding carboxylic acids is 3. The molecule has 3 aliphatic rings. The molecule has 2 unspecified atom stereocenters. The zero-order valence-corrected chi connectivity index (χ0v) is 17.2. The van der Waals surface area contributed by atoms with Crippen molar-refractivity contribution in [1.82, 2.24) is 20.3 Å².